The summed E-state index contributed by atoms with van der Waals surface area (Å²) in [5.41, 5.74) is 3.31. The SMILES string of the molecule is CCOc1ccc(-c2cc(-c3nccs3)cc[n+]2C)cc1OCC.[I-]. The Morgan fingerprint density at radius 3 is 2.44 bits per heavy atom. The van der Waals surface area contributed by atoms with Crippen LogP contribution in [0.25, 0.3) is 21.8 Å². The summed E-state index contributed by atoms with van der Waals surface area (Å²) in [5.74, 6) is 1.55. The van der Waals surface area contributed by atoms with Crippen LogP contribution in [0.2, 0.25) is 0 Å². The zero-order chi connectivity index (χ0) is 16.9. The van der Waals surface area contributed by atoms with Crippen molar-refractivity contribution in [3.8, 4) is 33.3 Å². The molecule has 0 saturated carbocycles. The van der Waals surface area contributed by atoms with E-state index in [2.05, 4.69) is 33.9 Å². The van der Waals surface area contributed by atoms with Crippen molar-refractivity contribution in [3.63, 3.8) is 0 Å². The second-order valence-electron chi connectivity index (χ2n) is 5.28. The third kappa shape index (κ3) is 4.49. The summed E-state index contributed by atoms with van der Waals surface area (Å²) in [5, 5.41) is 3.01. The van der Waals surface area contributed by atoms with Crippen LogP contribution >= 0.6 is 11.3 Å². The maximum atomic E-state index is 5.75. The molecule has 0 N–H and O–H groups in total. The quantitative estimate of drug-likeness (QED) is 0.402. The van der Waals surface area contributed by atoms with Crippen molar-refractivity contribution in [3.05, 3.63) is 48.1 Å². The van der Waals surface area contributed by atoms with E-state index >= 15 is 0 Å². The van der Waals surface area contributed by atoms with Crippen LogP contribution in [-0.4, -0.2) is 18.2 Å². The summed E-state index contributed by atoms with van der Waals surface area (Å²) in [6.07, 6.45) is 3.89. The molecule has 0 bridgehead atoms. The predicted octanol–water partition coefficient (Wildman–Crippen LogP) is 1.10. The monoisotopic (exact) mass is 468 g/mol. The Morgan fingerprint density at radius 2 is 1.76 bits per heavy atom. The highest BCUT2D eigenvalue weighted by atomic mass is 127. The van der Waals surface area contributed by atoms with Crippen molar-refractivity contribution in [1.82, 2.24) is 4.98 Å². The Balaban J connectivity index is 0.00000225. The van der Waals surface area contributed by atoms with Crippen molar-refractivity contribution >= 4 is 11.3 Å². The van der Waals surface area contributed by atoms with E-state index in [-0.39, 0.29) is 24.0 Å². The molecule has 2 aromatic heterocycles. The summed E-state index contributed by atoms with van der Waals surface area (Å²) < 4.78 is 13.5. The van der Waals surface area contributed by atoms with Crippen molar-refractivity contribution in [1.29, 1.82) is 0 Å². The molecule has 132 valence electrons. The molecule has 2 heterocycles. The lowest BCUT2D eigenvalue weighted by Gasteiger charge is -2.12. The van der Waals surface area contributed by atoms with Gasteiger partial charge in [-0.3, -0.25) is 0 Å². The third-order valence-corrected chi connectivity index (χ3v) is 4.49. The average molecular weight is 468 g/mol. The van der Waals surface area contributed by atoms with Crippen LogP contribution in [0.15, 0.2) is 48.1 Å². The Hall–Kier alpha value is -1.67. The Morgan fingerprint density at radius 1 is 1.00 bits per heavy atom. The lowest BCUT2D eigenvalue weighted by atomic mass is 10.1. The van der Waals surface area contributed by atoms with Gasteiger partial charge in [0.05, 0.1) is 18.8 Å². The van der Waals surface area contributed by atoms with Crippen LogP contribution in [0, 0.1) is 0 Å². The highest BCUT2D eigenvalue weighted by Gasteiger charge is 2.16. The first kappa shape index (κ1) is 19.7. The lowest BCUT2D eigenvalue weighted by Crippen LogP contribution is -3.00. The van der Waals surface area contributed by atoms with Crippen LogP contribution in [0.1, 0.15) is 13.8 Å². The number of aromatic nitrogens is 2. The molecule has 0 atom stereocenters. The number of thiazole rings is 1. The fraction of sp³-hybridized carbons (Fsp3) is 0.263. The minimum Gasteiger partial charge on any atom is -1.00 e. The maximum Gasteiger partial charge on any atom is 0.213 e. The summed E-state index contributed by atoms with van der Waals surface area (Å²) >= 11 is 1.64. The van der Waals surface area contributed by atoms with E-state index < -0.39 is 0 Å². The van der Waals surface area contributed by atoms with Crippen molar-refractivity contribution in [2.45, 2.75) is 13.8 Å². The van der Waals surface area contributed by atoms with E-state index in [1.807, 2.05) is 44.6 Å². The van der Waals surface area contributed by atoms with E-state index in [9.17, 15) is 0 Å². The van der Waals surface area contributed by atoms with Gasteiger partial charge < -0.3 is 33.5 Å². The highest BCUT2D eigenvalue weighted by molar-refractivity contribution is 7.13. The normalized spacial score (nSPS) is 10.2. The van der Waals surface area contributed by atoms with Gasteiger partial charge in [0.25, 0.3) is 0 Å². The molecule has 0 unspecified atom stereocenters. The molecule has 0 fully saturated rings. The Kier molecular flexibility index (Phi) is 7.19. The van der Waals surface area contributed by atoms with Crippen molar-refractivity contribution < 1.29 is 38.0 Å². The van der Waals surface area contributed by atoms with Crippen molar-refractivity contribution in [2.75, 3.05) is 13.2 Å². The first-order valence-electron chi connectivity index (χ1n) is 8.02. The topological polar surface area (TPSA) is 35.2 Å². The van der Waals surface area contributed by atoms with Crippen LogP contribution in [0.5, 0.6) is 11.5 Å². The van der Waals surface area contributed by atoms with Crippen LogP contribution in [-0.2, 0) is 7.05 Å². The summed E-state index contributed by atoms with van der Waals surface area (Å²) in [4.78, 5) is 4.40. The standard InChI is InChI=1S/C19H21N2O2S.HI/c1-4-22-17-7-6-14(13-18(17)23-5-2)16-12-15(8-10-21(16)3)19-20-9-11-24-19;/h6-13H,4-5H2,1-3H3;1H/q+1;/p-1. The van der Waals surface area contributed by atoms with Gasteiger partial charge in [0.15, 0.2) is 17.7 Å². The Bertz CT molecular complexity index is 822. The second-order valence-corrected chi connectivity index (χ2v) is 6.17. The fourth-order valence-corrected chi connectivity index (χ4v) is 3.20. The molecule has 1 aromatic carbocycles. The minimum absolute atomic E-state index is 0. The number of hydrogen-bond acceptors (Lipinski definition) is 4. The molecular formula is C19H21IN2O2S. The zero-order valence-electron chi connectivity index (χ0n) is 14.5. The molecule has 0 radical (unpaired) electrons. The van der Waals surface area contributed by atoms with Crippen LogP contribution < -0.4 is 38.0 Å². The number of halogens is 1. The molecule has 3 rings (SSSR count). The molecule has 0 amide bonds. The van der Waals surface area contributed by atoms with Crippen LogP contribution in [0.4, 0.5) is 0 Å². The number of ether oxygens (including phenoxy) is 2. The Labute approximate surface area is 169 Å². The molecule has 0 aliphatic heterocycles. The fourth-order valence-electron chi connectivity index (χ4n) is 2.57. The molecule has 0 spiro atoms. The number of rotatable bonds is 6. The van der Waals surface area contributed by atoms with Crippen LogP contribution in [0.3, 0.4) is 0 Å². The molecule has 0 aliphatic carbocycles. The first-order chi connectivity index (χ1) is 11.7. The lowest BCUT2D eigenvalue weighted by molar-refractivity contribution is -0.660. The molecular weight excluding hydrogens is 447 g/mol. The smallest absolute Gasteiger partial charge is 0.213 e. The van der Waals surface area contributed by atoms with E-state index in [1.165, 1.54) is 0 Å². The van der Waals surface area contributed by atoms with Gasteiger partial charge in [0.1, 0.15) is 12.1 Å². The predicted molar refractivity (Wildman–Crippen MR) is 96.5 cm³/mol. The summed E-state index contributed by atoms with van der Waals surface area (Å²) in [6.45, 7) is 5.17. The molecule has 0 saturated heterocycles. The largest absolute Gasteiger partial charge is 1.00 e. The number of hydrogen-bond donors (Lipinski definition) is 0. The highest BCUT2D eigenvalue weighted by Crippen LogP contribution is 2.33. The van der Waals surface area contributed by atoms with E-state index in [1.54, 1.807) is 11.3 Å². The molecule has 25 heavy (non-hydrogen) atoms. The van der Waals surface area contributed by atoms with Gasteiger partial charge in [-0.25, -0.2) is 9.55 Å². The molecule has 4 nitrogen and oxygen atoms in total. The van der Waals surface area contributed by atoms with Gasteiger partial charge in [-0.15, -0.1) is 11.3 Å². The first-order valence-corrected chi connectivity index (χ1v) is 8.90. The van der Waals surface area contributed by atoms with Gasteiger partial charge in [0.2, 0.25) is 5.69 Å². The minimum atomic E-state index is 0. The van der Waals surface area contributed by atoms with Gasteiger partial charge in [-0.05, 0) is 32.0 Å². The van der Waals surface area contributed by atoms with Gasteiger partial charge >= 0.3 is 0 Å². The summed E-state index contributed by atoms with van der Waals surface area (Å²) in [6, 6.07) is 10.3. The van der Waals surface area contributed by atoms with Gasteiger partial charge in [-0.2, -0.15) is 0 Å². The maximum absolute atomic E-state index is 5.75. The van der Waals surface area contributed by atoms with Crippen molar-refractivity contribution in [2.24, 2.45) is 7.05 Å². The summed E-state index contributed by atoms with van der Waals surface area (Å²) in [7, 11) is 2.04. The number of nitrogens with zero attached hydrogens (tertiary/aromatic N) is 2. The zero-order valence-corrected chi connectivity index (χ0v) is 17.5. The number of benzene rings is 1. The van der Waals surface area contributed by atoms with E-state index in [0.29, 0.717) is 13.2 Å². The molecule has 6 heteroatoms. The number of pyridine rings is 1. The van der Waals surface area contributed by atoms with E-state index in [0.717, 1.165) is 33.3 Å². The van der Waals surface area contributed by atoms with E-state index in [4.69, 9.17) is 9.47 Å². The number of aryl methyl sites for hydroxylation is 1. The van der Waals surface area contributed by atoms with Gasteiger partial charge in [-0.1, -0.05) is 0 Å². The van der Waals surface area contributed by atoms with Gasteiger partial charge in [0, 0.05) is 29.3 Å². The third-order valence-electron chi connectivity index (χ3n) is 3.67. The average Bonchev–Trinajstić information content (AvgIpc) is 3.12. The second kappa shape index (κ2) is 9.15. The molecule has 3 aromatic rings. The molecule has 0 aliphatic rings.